The van der Waals surface area contributed by atoms with Crippen molar-refractivity contribution in [1.82, 2.24) is 20.0 Å². The van der Waals surface area contributed by atoms with E-state index < -0.39 is 0 Å². The van der Waals surface area contributed by atoms with Crippen LogP contribution in [0.15, 0.2) is 36.5 Å². The third-order valence-electron chi connectivity index (χ3n) is 6.33. The highest BCUT2D eigenvalue weighted by molar-refractivity contribution is 5.35. The first-order valence-electron chi connectivity index (χ1n) is 10.0. The van der Waals surface area contributed by atoms with Crippen LogP contribution in [0.3, 0.4) is 0 Å². The minimum Gasteiger partial charge on any atom is -0.368 e. The summed E-state index contributed by atoms with van der Waals surface area (Å²) in [4.78, 5) is 2.63. The maximum Gasteiger partial charge on any atom is 0.115 e. The molecule has 3 aliphatic rings. The molecule has 138 valence electrons. The minimum absolute atomic E-state index is 0.169. The highest BCUT2D eigenvalue weighted by Crippen LogP contribution is 2.41. The van der Waals surface area contributed by atoms with Gasteiger partial charge in [0.2, 0.25) is 0 Å². The molecule has 1 aromatic carbocycles. The van der Waals surface area contributed by atoms with E-state index in [-0.39, 0.29) is 5.60 Å². The Morgan fingerprint density at radius 3 is 2.81 bits per heavy atom. The van der Waals surface area contributed by atoms with Crippen molar-refractivity contribution in [1.29, 1.82) is 0 Å². The first-order valence-corrected chi connectivity index (χ1v) is 10.0. The summed E-state index contributed by atoms with van der Waals surface area (Å²) in [5.74, 6) is 0.823. The van der Waals surface area contributed by atoms with Gasteiger partial charge in [-0.15, -0.1) is 0 Å². The van der Waals surface area contributed by atoms with Crippen molar-refractivity contribution < 1.29 is 4.74 Å². The fourth-order valence-electron chi connectivity index (χ4n) is 4.83. The molecular formula is C21H28N4O. The van der Waals surface area contributed by atoms with Gasteiger partial charge in [0.25, 0.3) is 0 Å². The molecular weight excluding hydrogens is 324 g/mol. The predicted molar refractivity (Wildman–Crippen MR) is 102 cm³/mol. The first kappa shape index (κ1) is 16.5. The monoisotopic (exact) mass is 352 g/mol. The lowest BCUT2D eigenvalue weighted by Gasteiger charge is -2.43. The summed E-state index contributed by atoms with van der Waals surface area (Å²) in [5, 5.41) is 8.48. The highest BCUT2D eigenvalue weighted by atomic mass is 16.5. The van der Waals surface area contributed by atoms with Crippen LogP contribution in [0, 0.1) is 5.92 Å². The van der Waals surface area contributed by atoms with Gasteiger partial charge in [-0.3, -0.25) is 0 Å². The summed E-state index contributed by atoms with van der Waals surface area (Å²) in [6.45, 7) is 6.66. The third kappa shape index (κ3) is 2.98. The fraction of sp³-hybridized carbons (Fsp3) is 0.571. The smallest absolute Gasteiger partial charge is 0.115 e. The number of likely N-dealkylation sites (tertiary alicyclic amines) is 1. The zero-order valence-corrected chi connectivity index (χ0v) is 15.4. The van der Waals surface area contributed by atoms with Gasteiger partial charge < -0.3 is 15.0 Å². The minimum atomic E-state index is -0.169. The summed E-state index contributed by atoms with van der Waals surface area (Å²) >= 11 is 0. The number of nitrogens with zero attached hydrogens (tertiary/aromatic N) is 3. The molecule has 5 rings (SSSR count). The summed E-state index contributed by atoms with van der Waals surface area (Å²) < 4.78 is 8.42. The molecule has 5 nitrogen and oxygen atoms in total. The van der Waals surface area contributed by atoms with Crippen LogP contribution in [-0.4, -0.2) is 54.0 Å². The van der Waals surface area contributed by atoms with E-state index in [2.05, 4.69) is 40.7 Å². The number of rotatable bonds is 3. The van der Waals surface area contributed by atoms with E-state index >= 15 is 0 Å². The van der Waals surface area contributed by atoms with E-state index in [1.165, 1.54) is 37.3 Å². The van der Waals surface area contributed by atoms with Crippen LogP contribution in [0.1, 0.15) is 30.5 Å². The van der Waals surface area contributed by atoms with Gasteiger partial charge in [-0.05, 0) is 62.4 Å². The Kier molecular flexibility index (Phi) is 4.31. The van der Waals surface area contributed by atoms with Crippen molar-refractivity contribution >= 4 is 0 Å². The van der Waals surface area contributed by atoms with Crippen molar-refractivity contribution in [2.45, 2.75) is 31.3 Å². The molecule has 4 heterocycles. The molecule has 26 heavy (non-hydrogen) atoms. The van der Waals surface area contributed by atoms with Crippen LogP contribution in [0.4, 0.5) is 0 Å². The van der Waals surface area contributed by atoms with Gasteiger partial charge in [-0.1, -0.05) is 18.2 Å². The molecule has 5 heteroatoms. The molecule has 3 aliphatic heterocycles. The second kappa shape index (κ2) is 6.80. The summed E-state index contributed by atoms with van der Waals surface area (Å²) in [6.07, 6.45) is 6.63. The molecule has 2 aromatic rings. The Labute approximate surface area is 155 Å². The Hall–Kier alpha value is -1.69. The predicted octanol–water partition coefficient (Wildman–Crippen LogP) is 2.35. The van der Waals surface area contributed by atoms with Crippen molar-refractivity contribution in [3.8, 4) is 5.69 Å². The van der Waals surface area contributed by atoms with Crippen LogP contribution in [-0.2, 0) is 16.8 Å². The molecule has 1 aromatic heterocycles. The molecule has 1 spiro atoms. The molecule has 2 fully saturated rings. The number of hydrogen-bond donors (Lipinski definition) is 1. The Morgan fingerprint density at radius 1 is 1.19 bits per heavy atom. The average molecular weight is 352 g/mol. The SMILES string of the molecule is c1ccc(-n2cc3c(n2)C2(CCN(CC4CCNC4)CC2)OCC3)cc1. The van der Waals surface area contributed by atoms with Gasteiger partial charge in [0.15, 0.2) is 0 Å². The van der Waals surface area contributed by atoms with E-state index in [9.17, 15) is 0 Å². The van der Waals surface area contributed by atoms with Crippen LogP contribution >= 0.6 is 0 Å². The molecule has 2 saturated heterocycles. The Bertz CT molecular complexity index is 743. The van der Waals surface area contributed by atoms with Crippen LogP contribution in [0.25, 0.3) is 5.69 Å². The van der Waals surface area contributed by atoms with Gasteiger partial charge in [0, 0.05) is 25.8 Å². The second-order valence-corrected chi connectivity index (χ2v) is 8.04. The summed E-state index contributed by atoms with van der Waals surface area (Å²) in [5.41, 5.74) is 3.52. The standard InChI is InChI=1S/C21H28N4O/c1-2-4-19(5-3-1)25-16-18-7-13-26-21(20(18)23-25)8-11-24(12-9-21)15-17-6-10-22-14-17/h1-5,16-17,22H,6-15H2. The van der Waals surface area contributed by atoms with Crippen molar-refractivity contribution in [3.05, 3.63) is 47.8 Å². The fourth-order valence-corrected chi connectivity index (χ4v) is 4.83. The molecule has 0 bridgehead atoms. The number of para-hydroxylation sites is 1. The van der Waals surface area contributed by atoms with Crippen molar-refractivity contribution in [3.63, 3.8) is 0 Å². The van der Waals surface area contributed by atoms with Gasteiger partial charge >= 0.3 is 0 Å². The average Bonchev–Trinajstić information content (AvgIpc) is 3.35. The molecule has 0 saturated carbocycles. The number of aromatic nitrogens is 2. The normalized spacial score (nSPS) is 25.5. The van der Waals surface area contributed by atoms with Gasteiger partial charge in [0.05, 0.1) is 18.0 Å². The molecule has 0 radical (unpaired) electrons. The van der Waals surface area contributed by atoms with E-state index in [1.807, 2.05) is 10.7 Å². The van der Waals surface area contributed by atoms with E-state index in [1.54, 1.807) is 0 Å². The maximum absolute atomic E-state index is 6.39. The summed E-state index contributed by atoms with van der Waals surface area (Å²) in [7, 11) is 0. The lowest BCUT2D eigenvalue weighted by molar-refractivity contribution is -0.102. The molecule has 0 aliphatic carbocycles. The zero-order chi connectivity index (χ0) is 17.4. The van der Waals surface area contributed by atoms with Gasteiger partial charge in [0.1, 0.15) is 5.60 Å². The number of nitrogens with one attached hydrogen (secondary N) is 1. The quantitative estimate of drug-likeness (QED) is 0.921. The number of piperidine rings is 1. The lowest BCUT2D eigenvalue weighted by Crippen LogP contribution is -2.47. The van der Waals surface area contributed by atoms with Crippen molar-refractivity contribution in [2.24, 2.45) is 5.92 Å². The van der Waals surface area contributed by atoms with Crippen LogP contribution in [0.5, 0.6) is 0 Å². The molecule has 1 atom stereocenters. The van der Waals surface area contributed by atoms with Crippen molar-refractivity contribution in [2.75, 3.05) is 39.3 Å². The number of benzene rings is 1. The van der Waals surface area contributed by atoms with Gasteiger partial charge in [-0.2, -0.15) is 5.10 Å². The Balaban J connectivity index is 1.34. The van der Waals surface area contributed by atoms with E-state index in [0.29, 0.717) is 0 Å². The summed E-state index contributed by atoms with van der Waals surface area (Å²) in [6, 6.07) is 10.4. The largest absolute Gasteiger partial charge is 0.368 e. The van der Waals surface area contributed by atoms with Crippen LogP contribution in [0.2, 0.25) is 0 Å². The Morgan fingerprint density at radius 2 is 2.04 bits per heavy atom. The van der Waals surface area contributed by atoms with E-state index in [0.717, 1.165) is 50.6 Å². The van der Waals surface area contributed by atoms with Gasteiger partial charge in [-0.25, -0.2) is 4.68 Å². The molecule has 1 unspecified atom stereocenters. The number of fused-ring (bicyclic) bond motifs is 2. The maximum atomic E-state index is 6.39. The third-order valence-corrected chi connectivity index (χ3v) is 6.33. The number of ether oxygens (including phenoxy) is 1. The second-order valence-electron chi connectivity index (χ2n) is 8.04. The lowest BCUT2D eigenvalue weighted by atomic mass is 9.83. The first-order chi connectivity index (χ1) is 12.8. The molecule has 0 amide bonds. The highest BCUT2D eigenvalue weighted by Gasteiger charge is 2.43. The zero-order valence-electron chi connectivity index (χ0n) is 15.4. The van der Waals surface area contributed by atoms with Crippen LogP contribution < -0.4 is 5.32 Å². The number of hydrogen-bond acceptors (Lipinski definition) is 4. The topological polar surface area (TPSA) is 42.3 Å². The molecule has 1 N–H and O–H groups in total. The van der Waals surface area contributed by atoms with E-state index in [4.69, 9.17) is 9.84 Å².